The van der Waals surface area contributed by atoms with E-state index in [1.807, 2.05) is 37.3 Å². The van der Waals surface area contributed by atoms with Crippen molar-refractivity contribution in [3.8, 4) is 11.5 Å². The molecule has 7 nitrogen and oxygen atoms in total. The molecule has 0 saturated carbocycles. The second kappa shape index (κ2) is 8.39. The molecule has 3 rings (SSSR count). The highest BCUT2D eigenvalue weighted by Gasteiger charge is 2.09. The smallest absolute Gasteiger partial charge is 0.229 e. The lowest BCUT2D eigenvalue weighted by Gasteiger charge is -2.13. The number of hydrogen-bond acceptors (Lipinski definition) is 7. The van der Waals surface area contributed by atoms with Gasteiger partial charge in [-0.15, -0.1) is 0 Å². The van der Waals surface area contributed by atoms with Gasteiger partial charge in [0.2, 0.25) is 5.95 Å². The zero-order valence-corrected chi connectivity index (χ0v) is 16.2. The van der Waals surface area contributed by atoms with E-state index in [9.17, 15) is 4.79 Å². The number of aryl methyl sites for hydroxylation is 1. The Balaban J connectivity index is 1.86. The van der Waals surface area contributed by atoms with Crippen LogP contribution in [0.1, 0.15) is 23.0 Å². The molecule has 3 aromatic rings. The summed E-state index contributed by atoms with van der Waals surface area (Å²) in [5.74, 6) is 2.38. The Labute approximate surface area is 163 Å². The van der Waals surface area contributed by atoms with Gasteiger partial charge in [0.25, 0.3) is 0 Å². The van der Waals surface area contributed by atoms with Crippen LogP contribution in [-0.4, -0.2) is 30.0 Å². The molecule has 0 radical (unpaired) electrons. The molecule has 1 heterocycles. The average molecular weight is 378 g/mol. The van der Waals surface area contributed by atoms with Gasteiger partial charge in [-0.25, -0.2) is 4.98 Å². The Morgan fingerprint density at radius 1 is 0.964 bits per heavy atom. The molecule has 0 fully saturated rings. The van der Waals surface area contributed by atoms with Crippen molar-refractivity contribution < 1.29 is 14.3 Å². The number of carbonyl (C=O) groups is 1. The van der Waals surface area contributed by atoms with Crippen LogP contribution in [0.25, 0.3) is 0 Å². The summed E-state index contributed by atoms with van der Waals surface area (Å²) in [6.45, 7) is 3.42. The maximum Gasteiger partial charge on any atom is 0.229 e. The van der Waals surface area contributed by atoms with Crippen LogP contribution in [0.4, 0.5) is 23.1 Å². The number of rotatable bonds is 7. The Morgan fingerprint density at radius 3 is 2.50 bits per heavy atom. The van der Waals surface area contributed by atoms with Crippen LogP contribution >= 0.6 is 0 Å². The molecule has 0 aliphatic heterocycles. The molecule has 28 heavy (non-hydrogen) atoms. The van der Waals surface area contributed by atoms with Crippen molar-refractivity contribution in [1.29, 1.82) is 0 Å². The number of nitrogens with zero attached hydrogens (tertiary/aromatic N) is 2. The quantitative estimate of drug-likeness (QED) is 0.586. The van der Waals surface area contributed by atoms with E-state index in [1.54, 1.807) is 32.4 Å². The van der Waals surface area contributed by atoms with Crippen LogP contribution < -0.4 is 20.1 Å². The van der Waals surface area contributed by atoms with Gasteiger partial charge in [-0.1, -0.05) is 12.1 Å². The van der Waals surface area contributed by atoms with Crippen LogP contribution in [0.5, 0.6) is 11.5 Å². The lowest BCUT2D eigenvalue weighted by atomic mass is 10.1. The fraction of sp³-hybridized carbons (Fsp3) is 0.190. The highest BCUT2D eigenvalue weighted by Crippen LogP contribution is 2.31. The highest BCUT2D eigenvalue weighted by molar-refractivity contribution is 5.95. The van der Waals surface area contributed by atoms with Crippen LogP contribution in [0.3, 0.4) is 0 Å². The summed E-state index contributed by atoms with van der Waals surface area (Å²) < 4.78 is 10.6. The summed E-state index contributed by atoms with van der Waals surface area (Å²) in [5, 5.41) is 6.39. The molecule has 2 aromatic carbocycles. The first kappa shape index (κ1) is 19.2. The first-order valence-electron chi connectivity index (χ1n) is 8.71. The van der Waals surface area contributed by atoms with Crippen molar-refractivity contribution in [2.24, 2.45) is 0 Å². The molecule has 0 saturated heterocycles. The molecule has 0 aliphatic carbocycles. The van der Waals surface area contributed by atoms with E-state index >= 15 is 0 Å². The topological polar surface area (TPSA) is 85.4 Å². The molecule has 1 aromatic heterocycles. The third kappa shape index (κ3) is 4.56. The van der Waals surface area contributed by atoms with Gasteiger partial charge in [-0.3, -0.25) is 4.79 Å². The average Bonchev–Trinajstić information content (AvgIpc) is 2.68. The molecule has 0 amide bonds. The minimum atomic E-state index is 0.00256. The van der Waals surface area contributed by atoms with Crippen LogP contribution in [-0.2, 0) is 0 Å². The summed E-state index contributed by atoms with van der Waals surface area (Å²) in [6, 6.07) is 14.5. The predicted octanol–water partition coefficient (Wildman–Crippen LogP) is 4.49. The Kier molecular flexibility index (Phi) is 5.74. The summed E-state index contributed by atoms with van der Waals surface area (Å²) in [4.78, 5) is 20.5. The van der Waals surface area contributed by atoms with Crippen LogP contribution in [0.2, 0.25) is 0 Å². The van der Waals surface area contributed by atoms with E-state index < -0.39 is 0 Å². The van der Waals surface area contributed by atoms with Gasteiger partial charge in [-0.2, -0.15) is 4.98 Å². The van der Waals surface area contributed by atoms with Gasteiger partial charge in [0.05, 0.1) is 19.9 Å². The largest absolute Gasteiger partial charge is 0.497 e. The fourth-order valence-electron chi connectivity index (χ4n) is 2.67. The zero-order valence-electron chi connectivity index (χ0n) is 16.2. The summed E-state index contributed by atoms with van der Waals surface area (Å²) >= 11 is 0. The van der Waals surface area contributed by atoms with Crippen LogP contribution in [0, 0.1) is 6.92 Å². The first-order valence-corrected chi connectivity index (χ1v) is 8.71. The summed E-state index contributed by atoms with van der Waals surface area (Å²) in [5.41, 5.74) is 2.91. The minimum absolute atomic E-state index is 0.00256. The molecule has 0 spiro atoms. The molecule has 0 atom stereocenters. The molecule has 0 unspecified atom stereocenters. The Hall–Kier alpha value is -3.61. The number of Topliss-reactive ketones (excluding diaryl/α,β-unsaturated/α-hetero) is 1. The summed E-state index contributed by atoms with van der Waals surface area (Å²) in [6.07, 6.45) is 0. The summed E-state index contributed by atoms with van der Waals surface area (Å²) in [7, 11) is 3.20. The second-order valence-electron chi connectivity index (χ2n) is 6.17. The number of anilines is 4. The molecular formula is C21H22N4O3. The molecule has 144 valence electrons. The van der Waals surface area contributed by atoms with Crippen LogP contribution in [0.15, 0.2) is 48.5 Å². The maximum absolute atomic E-state index is 11.6. The van der Waals surface area contributed by atoms with Gasteiger partial charge in [0, 0.05) is 29.1 Å². The van der Waals surface area contributed by atoms with E-state index in [0.717, 1.165) is 17.1 Å². The van der Waals surface area contributed by atoms with Crippen molar-refractivity contribution in [3.63, 3.8) is 0 Å². The first-order chi connectivity index (χ1) is 13.5. The van der Waals surface area contributed by atoms with E-state index in [1.165, 1.54) is 6.92 Å². The molecule has 7 heteroatoms. The van der Waals surface area contributed by atoms with Crippen molar-refractivity contribution in [2.75, 3.05) is 24.9 Å². The lowest BCUT2D eigenvalue weighted by molar-refractivity contribution is 0.101. The lowest BCUT2D eigenvalue weighted by Crippen LogP contribution is -2.04. The number of nitrogens with one attached hydrogen (secondary N) is 2. The van der Waals surface area contributed by atoms with Gasteiger partial charge < -0.3 is 20.1 Å². The number of methoxy groups -OCH3 is 2. The number of ketones is 1. The number of ether oxygens (including phenoxy) is 2. The molecule has 0 bridgehead atoms. The van der Waals surface area contributed by atoms with E-state index in [2.05, 4.69) is 20.6 Å². The number of hydrogen-bond donors (Lipinski definition) is 2. The van der Waals surface area contributed by atoms with E-state index in [0.29, 0.717) is 28.8 Å². The monoisotopic (exact) mass is 378 g/mol. The highest BCUT2D eigenvalue weighted by atomic mass is 16.5. The molecule has 0 aliphatic rings. The molecule has 2 N–H and O–H groups in total. The third-order valence-electron chi connectivity index (χ3n) is 4.05. The SMILES string of the molecule is COc1ccc(Nc2cc(C)nc(Nc3cccc(C(C)=O)c3)n2)c(OC)c1. The van der Waals surface area contributed by atoms with Crippen molar-refractivity contribution in [2.45, 2.75) is 13.8 Å². The second-order valence-corrected chi connectivity index (χ2v) is 6.17. The van der Waals surface area contributed by atoms with E-state index in [4.69, 9.17) is 9.47 Å². The van der Waals surface area contributed by atoms with Gasteiger partial charge in [-0.05, 0) is 38.1 Å². The maximum atomic E-state index is 11.6. The fourth-order valence-corrected chi connectivity index (χ4v) is 2.67. The van der Waals surface area contributed by atoms with Gasteiger partial charge in [0.1, 0.15) is 17.3 Å². The predicted molar refractivity (Wildman–Crippen MR) is 109 cm³/mol. The van der Waals surface area contributed by atoms with Gasteiger partial charge >= 0.3 is 0 Å². The Morgan fingerprint density at radius 2 is 1.79 bits per heavy atom. The van der Waals surface area contributed by atoms with Crippen molar-refractivity contribution >= 4 is 28.9 Å². The third-order valence-corrected chi connectivity index (χ3v) is 4.05. The minimum Gasteiger partial charge on any atom is -0.497 e. The van der Waals surface area contributed by atoms with Crippen molar-refractivity contribution in [3.05, 3.63) is 59.8 Å². The standard InChI is InChI=1S/C21H22N4O3/c1-13-10-20(24-18-9-8-17(27-3)12-19(18)28-4)25-21(22-13)23-16-7-5-6-15(11-16)14(2)26/h5-12H,1-4H3,(H2,22,23,24,25). The number of benzene rings is 2. The number of aromatic nitrogens is 2. The van der Waals surface area contributed by atoms with Gasteiger partial charge in [0.15, 0.2) is 5.78 Å². The number of carbonyl (C=O) groups excluding carboxylic acids is 1. The van der Waals surface area contributed by atoms with Crippen molar-refractivity contribution in [1.82, 2.24) is 9.97 Å². The Bertz CT molecular complexity index is 1000. The van der Waals surface area contributed by atoms with E-state index in [-0.39, 0.29) is 5.78 Å². The normalized spacial score (nSPS) is 10.3. The zero-order chi connectivity index (χ0) is 20.1. The molecular weight excluding hydrogens is 356 g/mol.